The Morgan fingerprint density at radius 2 is 1.77 bits per heavy atom. The van der Waals surface area contributed by atoms with Gasteiger partial charge in [-0.1, -0.05) is 15.9 Å². The number of esters is 1. The average Bonchev–Trinajstić information content (AvgIpc) is 3.18. The van der Waals surface area contributed by atoms with Crippen molar-refractivity contribution in [1.82, 2.24) is 5.43 Å². The molecule has 0 fully saturated rings. The van der Waals surface area contributed by atoms with E-state index in [1.807, 2.05) is 0 Å². The summed E-state index contributed by atoms with van der Waals surface area (Å²) in [5, 5.41) is 3.85. The molecule has 1 heterocycles. The minimum atomic E-state index is -0.440. The highest BCUT2D eigenvalue weighted by Crippen LogP contribution is 2.15. The van der Waals surface area contributed by atoms with Crippen molar-refractivity contribution < 1.29 is 18.7 Å². The van der Waals surface area contributed by atoms with Crippen molar-refractivity contribution in [2.45, 2.75) is 0 Å². The Morgan fingerprint density at radius 1 is 1.04 bits per heavy atom. The first-order chi connectivity index (χ1) is 12.6. The zero-order valence-electron chi connectivity index (χ0n) is 13.4. The molecule has 0 unspecified atom stereocenters. The third-order valence-corrected chi connectivity index (χ3v) is 3.82. The molecule has 130 valence electrons. The number of hydrogen-bond acceptors (Lipinski definition) is 5. The lowest BCUT2D eigenvalue weighted by molar-refractivity contribution is 0.0734. The second-order valence-electron chi connectivity index (χ2n) is 5.14. The molecule has 3 aromatic rings. The van der Waals surface area contributed by atoms with Gasteiger partial charge in [0.15, 0.2) is 5.76 Å². The second kappa shape index (κ2) is 8.26. The van der Waals surface area contributed by atoms with Crippen LogP contribution in [0.5, 0.6) is 5.75 Å². The summed E-state index contributed by atoms with van der Waals surface area (Å²) in [6.07, 6.45) is 2.88. The first kappa shape index (κ1) is 17.6. The van der Waals surface area contributed by atoms with Gasteiger partial charge < -0.3 is 9.15 Å². The van der Waals surface area contributed by atoms with E-state index >= 15 is 0 Å². The number of nitrogens with one attached hydrogen (secondary N) is 1. The normalized spacial score (nSPS) is 10.7. The van der Waals surface area contributed by atoms with Crippen LogP contribution in [0.1, 0.15) is 26.5 Å². The van der Waals surface area contributed by atoms with Crippen LogP contribution < -0.4 is 10.2 Å². The number of rotatable bonds is 5. The molecule has 0 aliphatic heterocycles. The van der Waals surface area contributed by atoms with Gasteiger partial charge >= 0.3 is 11.9 Å². The van der Waals surface area contributed by atoms with Crippen molar-refractivity contribution in [2.24, 2.45) is 5.10 Å². The standard InChI is InChI=1S/C19H13BrN2O4/c20-15-7-5-14(6-8-15)19(24)26-16-9-3-13(4-10-16)12-21-22-18(23)17-2-1-11-25-17/h1-12H,(H,22,23)/b21-12-. The molecule has 2 aromatic carbocycles. The molecule has 7 heteroatoms. The van der Waals surface area contributed by atoms with E-state index in [0.717, 1.165) is 10.0 Å². The maximum atomic E-state index is 12.0. The van der Waals surface area contributed by atoms with Crippen molar-refractivity contribution in [3.05, 3.63) is 88.3 Å². The molecule has 0 bridgehead atoms. The number of nitrogens with zero attached hydrogens (tertiary/aromatic N) is 1. The van der Waals surface area contributed by atoms with Gasteiger partial charge in [-0.15, -0.1) is 0 Å². The van der Waals surface area contributed by atoms with Gasteiger partial charge in [0, 0.05) is 4.47 Å². The first-order valence-electron chi connectivity index (χ1n) is 7.56. The number of benzene rings is 2. The minimum absolute atomic E-state index is 0.178. The fraction of sp³-hybridized carbons (Fsp3) is 0. The van der Waals surface area contributed by atoms with Crippen LogP contribution in [0.15, 0.2) is 80.9 Å². The van der Waals surface area contributed by atoms with Crippen molar-refractivity contribution >= 4 is 34.0 Å². The summed E-state index contributed by atoms with van der Waals surface area (Å²) < 4.78 is 11.1. The molecular weight excluding hydrogens is 400 g/mol. The maximum Gasteiger partial charge on any atom is 0.343 e. The largest absolute Gasteiger partial charge is 0.459 e. The lowest BCUT2D eigenvalue weighted by Gasteiger charge is -2.04. The smallest absolute Gasteiger partial charge is 0.343 e. The van der Waals surface area contributed by atoms with Crippen molar-refractivity contribution in [1.29, 1.82) is 0 Å². The predicted molar refractivity (Wildman–Crippen MR) is 99.3 cm³/mol. The van der Waals surface area contributed by atoms with E-state index in [1.54, 1.807) is 60.7 Å². The van der Waals surface area contributed by atoms with Crippen LogP contribution in [0, 0.1) is 0 Å². The van der Waals surface area contributed by atoms with Crippen LogP contribution in [-0.2, 0) is 0 Å². The molecule has 26 heavy (non-hydrogen) atoms. The van der Waals surface area contributed by atoms with E-state index < -0.39 is 11.9 Å². The molecular formula is C19H13BrN2O4. The van der Waals surface area contributed by atoms with E-state index in [2.05, 4.69) is 26.5 Å². The van der Waals surface area contributed by atoms with Gasteiger partial charge in [0.1, 0.15) is 5.75 Å². The molecule has 0 aliphatic rings. The van der Waals surface area contributed by atoms with Crippen LogP contribution in [0.3, 0.4) is 0 Å². The summed E-state index contributed by atoms with van der Waals surface area (Å²) in [5.74, 6) is -0.289. The van der Waals surface area contributed by atoms with E-state index in [9.17, 15) is 9.59 Å². The minimum Gasteiger partial charge on any atom is -0.459 e. The molecule has 0 saturated carbocycles. The summed E-state index contributed by atoms with van der Waals surface area (Å²) in [7, 11) is 0. The highest BCUT2D eigenvalue weighted by Gasteiger charge is 2.08. The highest BCUT2D eigenvalue weighted by molar-refractivity contribution is 9.10. The first-order valence-corrected chi connectivity index (χ1v) is 8.36. The zero-order chi connectivity index (χ0) is 18.4. The highest BCUT2D eigenvalue weighted by atomic mass is 79.9. The average molecular weight is 413 g/mol. The monoisotopic (exact) mass is 412 g/mol. The summed E-state index contributed by atoms with van der Waals surface area (Å²) >= 11 is 3.31. The number of carbonyl (C=O) groups is 2. The van der Waals surface area contributed by atoms with Crippen molar-refractivity contribution in [3.63, 3.8) is 0 Å². The van der Waals surface area contributed by atoms with Gasteiger partial charge in [-0.05, 0) is 66.2 Å². The van der Waals surface area contributed by atoms with Gasteiger partial charge in [0.25, 0.3) is 0 Å². The fourth-order valence-electron chi connectivity index (χ4n) is 2.00. The SMILES string of the molecule is O=C(Oc1ccc(/C=N\NC(=O)c2ccco2)cc1)c1ccc(Br)cc1. The Hall–Kier alpha value is -3.19. The second-order valence-corrected chi connectivity index (χ2v) is 6.06. The third kappa shape index (κ3) is 4.67. The molecule has 6 nitrogen and oxygen atoms in total. The Kier molecular flexibility index (Phi) is 5.60. The van der Waals surface area contributed by atoms with Gasteiger partial charge in [-0.3, -0.25) is 4.79 Å². The number of halogens is 1. The molecule has 3 rings (SSSR count). The number of hydrazone groups is 1. The van der Waals surface area contributed by atoms with E-state index in [4.69, 9.17) is 9.15 Å². The summed E-state index contributed by atoms with van der Waals surface area (Å²) in [4.78, 5) is 23.7. The fourth-order valence-corrected chi connectivity index (χ4v) is 2.27. The van der Waals surface area contributed by atoms with Gasteiger partial charge in [0.2, 0.25) is 0 Å². The van der Waals surface area contributed by atoms with Gasteiger partial charge in [-0.25, -0.2) is 10.2 Å². The van der Waals surface area contributed by atoms with Crippen LogP contribution in [0.25, 0.3) is 0 Å². The molecule has 1 amide bonds. The maximum absolute atomic E-state index is 12.0. The number of carbonyl (C=O) groups excluding carboxylic acids is 2. The summed E-state index contributed by atoms with van der Waals surface area (Å²) in [6.45, 7) is 0. The molecule has 1 N–H and O–H groups in total. The lowest BCUT2D eigenvalue weighted by atomic mass is 10.2. The third-order valence-electron chi connectivity index (χ3n) is 3.30. The zero-order valence-corrected chi connectivity index (χ0v) is 15.0. The van der Waals surface area contributed by atoms with E-state index in [0.29, 0.717) is 11.3 Å². The van der Waals surface area contributed by atoms with Crippen molar-refractivity contribution in [2.75, 3.05) is 0 Å². The van der Waals surface area contributed by atoms with Gasteiger partial charge in [-0.2, -0.15) is 5.10 Å². The predicted octanol–water partition coefficient (Wildman–Crippen LogP) is 4.03. The molecule has 0 saturated heterocycles. The number of ether oxygens (including phenoxy) is 1. The Morgan fingerprint density at radius 3 is 2.42 bits per heavy atom. The Labute approximate surface area is 157 Å². The number of amides is 1. The molecule has 0 atom stereocenters. The molecule has 0 radical (unpaired) electrons. The topological polar surface area (TPSA) is 80.9 Å². The number of hydrogen-bond donors (Lipinski definition) is 1. The summed E-state index contributed by atoms with van der Waals surface area (Å²) in [5.41, 5.74) is 3.54. The van der Waals surface area contributed by atoms with Crippen LogP contribution in [-0.4, -0.2) is 18.1 Å². The van der Waals surface area contributed by atoms with Gasteiger partial charge in [0.05, 0.1) is 18.0 Å². The lowest BCUT2D eigenvalue weighted by Crippen LogP contribution is -2.16. The van der Waals surface area contributed by atoms with Crippen LogP contribution >= 0.6 is 15.9 Å². The van der Waals surface area contributed by atoms with Crippen molar-refractivity contribution in [3.8, 4) is 5.75 Å². The van der Waals surface area contributed by atoms with Crippen LogP contribution in [0.4, 0.5) is 0 Å². The van der Waals surface area contributed by atoms with E-state index in [1.165, 1.54) is 12.5 Å². The molecule has 0 aliphatic carbocycles. The summed E-state index contributed by atoms with van der Waals surface area (Å²) in [6, 6.07) is 16.8. The van der Waals surface area contributed by atoms with E-state index in [-0.39, 0.29) is 5.76 Å². The number of furan rings is 1. The molecule has 0 spiro atoms. The Balaban J connectivity index is 1.56. The quantitative estimate of drug-likeness (QED) is 0.297. The van der Waals surface area contributed by atoms with Crippen LogP contribution in [0.2, 0.25) is 0 Å². The Bertz CT molecular complexity index is 917. The molecule has 1 aromatic heterocycles.